The molecule has 0 aromatic rings. The summed E-state index contributed by atoms with van der Waals surface area (Å²) in [5, 5.41) is 6.17. The first kappa shape index (κ1) is 17.6. The van der Waals surface area contributed by atoms with E-state index in [2.05, 4.69) is 22.6 Å². The number of rotatable bonds is 8. The number of methoxy groups -OCH3 is 1. The lowest BCUT2D eigenvalue weighted by atomic mass is 10.2. The van der Waals surface area contributed by atoms with E-state index in [1.807, 2.05) is 0 Å². The topological polar surface area (TPSA) is 53.6 Å². The number of carbonyl (C=O) groups excluding carboxylic acids is 1. The molecule has 0 aromatic carbocycles. The zero-order chi connectivity index (χ0) is 12.5. The van der Waals surface area contributed by atoms with Gasteiger partial charge in [0, 0.05) is 33.4 Å². The summed E-state index contributed by atoms with van der Waals surface area (Å²) in [5.41, 5.74) is 0. The minimum absolute atomic E-state index is 0. The molecule has 5 nitrogen and oxygen atoms in total. The molecule has 0 bridgehead atoms. The number of amides is 1. The maximum absolute atomic E-state index is 11.7. The molecule has 0 aromatic heterocycles. The van der Waals surface area contributed by atoms with E-state index in [0.717, 1.165) is 52.0 Å². The molecule has 0 spiro atoms. The van der Waals surface area contributed by atoms with Crippen LogP contribution in [0.3, 0.4) is 0 Å². The van der Waals surface area contributed by atoms with Crippen molar-refractivity contribution in [1.29, 1.82) is 0 Å². The Morgan fingerprint density at radius 1 is 1.50 bits per heavy atom. The summed E-state index contributed by atoms with van der Waals surface area (Å²) in [4.78, 5) is 13.9. The van der Waals surface area contributed by atoms with Crippen molar-refractivity contribution in [2.24, 2.45) is 0 Å². The SMILES string of the molecule is COCCCN(C)CCNC(=O)[C@@H]1CCCN1.Cl. The van der Waals surface area contributed by atoms with Gasteiger partial charge in [0.05, 0.1) is 6.04 Å². The number of nitrogens with zero attached hydrogens (tertiary/aromatic N) is 1. The Kier molecular flexibility index (Phi) is 10.3. The minimum Gasteiger partial charge on any atom is -0.385 e. The van der Waals surface area contributed by atoms with Gasteiger partial charge in [-0.2, -0.15) is 0 Å². The van der Waals surface area contributed by atoms with Gasteiger partial charge in [0.15, 0.2) is 0 Å². The van der Waals surface area contributed by atoms with Gasteiger partial charge in [0.2, 0.25) is 5.91 Å². The number of hydrogen-bond acceptors (Lipinski definition) is 4. The quantitative estimate of drug-likeness (QED) is 0.625. The van der Waals surface area contributed by atoms with Crippen LogP contribution in [0.5, 0.6) is 0 Å². The third-order valence-corrected chi connectivity index (χ3v) is 3.06. The Morgan fingerprint density at radius 3 is 2.89 bits per heavy atom. The van der Waals surface area contributed by atoms with Gasteiger partial charge in [-0.1, -0.05) is 0 Å². The van der Waals surface area contributed by atoms with E-state index in [1.165, 1.54) is 0 Å². The van der Waals surface area contributed by atoms with Crippen LogP contribution in [0.4, 0.5) is 0 Å². The highest BCUT2D eigenvalue weighted by Crippen LogP contribution is 2.04. The lowest BCUT2D eigenvalue weighted by Crippen LogP contribution is -2.43. The van der Waals surface area contributed by atoms with Crippen LogP contribution in [0.25, 0.3) is 0 Å². The number of halogens is 1. The lowest BCUT2D eigenvalue weighted by Gasteiger charge is -2.17. The van der Waals surface area contributed by atoms with E-state index in [0.29, 0.717) is 0 Å². The second-order valence-electron chi connectivity index (χ2n) is 4.59. The van der Waals surface area contributed by atoms with Crippen LogP contribution in [0.2, 0.25) is 0 Å². The van der Waals surface area contributed by atoms with Crippen LogP contribution in [-0.2, 0) is 9.53 Å². The summed E-state index contributed by atoms with van der Waals surface area (Å²) in [7, 11) is 3.78. The third kappa shape index (κ3) is 7.16. The predicted molar refractivity (Wildman–Crippen MR) is 75.3 cm³/mol. The molecule has 108 valence electrons. The maximum atomic E-state index is 11.7. The van der Waals surface area contributed by atoms with Gasteiger partial charge in [-0.05, 0) is 32.9 Å². The van der Waals surface area contributed by atoms with Gasteiger partial charge in [0.1, 0.15) is 0 Å². The molecule has 0 aliphatic carbocycles. The molecule has 1 saturated heterocycles. The fourth-order valence-electron chi connectivity index (χ4n) is 1.99. The van der Waals surface area contributed by atoms with Crippen molar-refractivity contribution in [1.82, 2.24) is 15.5 Å². The minimum atomic E-state index is 0. The zero-order valence-electron chi connectivity index (χ0n) is 11.4. The van der Waals surface area contributed by atoms with Crippen LogP contribution >= 0.6 is 12.4 Å². The Balaban J connectivity index is 0.00000289. The van der Waals surface area contributed by atoms with Crippen LogP contribution in [-0.4, -0.2) is 63.8 Å². The van der Waals surface area contributed by atoms with E-state index in [-0.39, 0.29) is 24.4 Å². The van der Waals surface area contributed by atoms with E-state index in [4.69, 9.17) is 4.74 Å². The van der Waals surface area contributed by atoms with Crippen molar-refractivity contribution in [3.8, 4) is 0 Å². The third-order valence-electron chi connectivity index (χ3n) is 3.06. The average molecular weight is 280 g/mol. The number of likely N-dealkylation sites (N-methyl/N-ethyl adjacent to an activating group) is 1. The summed E-state index contributed by atoms with van der Waals surface area (Å²) in [6, 6.07) is 0.0359. The molecule has 1 heterocycles. The summed E-state index contributed by atoms with van der Waals surface area (Å²) < 4.78 is 5.00. The van der Waals surface area contributed by atoms with Crippen molar-refractivity contribution >= 4 is 18.3 Å². The van der Waals surface area contributed by atoms with Gasteiger partial charge in [-0.25, -0.2) is 0 Å². The normalized spacial score (nSPS) is 18.7. The highest BCUT2D eigenvalue weighted by atomic mass is 35.5. The maximum Gasteiger partial charge on any atom is 0.237 e. The standard InChI is InChI=1S/C12H25N3O2.ClH/c1-15(8-4-10-17-2)9-7-14-12(16)11-5-3-6-13-11;/h11,13H,3-10H2,1-2H3,(H,14,16);1H/t11-;/m0./s1. The molecule has 1 aliphatic rings. The fraction of sp³-hybridized carbons (Fsp3) is 0.917. The zero-order valence-corrected chi connectivity index (χ0v) is 12.2. The molecule has 0 unspecified atom stereocenters. The van der Waals surface area contributed by atoms with Gasteiger partial charge in [-0.3, -0.25) is 4.79 Å². The van der Waals surface area contributed by atoms with Gasteiger partial charge in [-0.15, -0.1) is 12.4 Å². The van der Waals surface area contributed by atoms with Crippen molar-refractivity contribution in [3.63, 3.8) is 0 Å². The number of nitrogens with one attached hydrogen (secondary N) is 2. The second-order valence-corrected chi connectivity index (χ2v) is 4.59. The van der Waals surface area contributed by atoms with Crippen molar-refractivity contribution < 1.29 is 9.53 Å². The highest BCUT2D eigenvalue weighted by Gasteiger charge is 2.21. The molecular formula is C12H26ClN3O2. The molecule has 18 heavy (non-hydrogen) atoms. The van der Waals surface area contributed by atoms with E-state index in [1.54, 1.807) is 7.11 Å². The largest absolute Gasteiger partial charge is 0.385 e. The monoisotopic (exact) mass is 279 g/mol. The molecule has 1 aliphatic heterocycles. The smallest absolute Gasteiger partial charge is 0.237 e. The molecule has 0 radical (unpaired) electrons. The Bertz CT molecular complexity index is 223. The molecule has 1 atom stereocenters. The van der Waals surface area contributed by atoms with Crippen LogP contribution in [0.15, 0.2) is 0 Å². The number of carbonyl (C=O) groups is 1. The lowest BCUT2D eigenvalue weighted by molar-refractivity contribution is -0.122. The molecule has 0 saturated carbocycles. The Labute approximate surface area is 116 Å². The van der Waals surface area contributed by atoms with Crippen molar-refractivity contribution in [2.45, 2.75) is 25.3 Å². The predicted octanol–water partition coefficient (Wildman–Crippen LogP) is 0.245. The molecule has 1 rings (SSSR count). The Hall–Kier alpha value is -0.360. The second kappa shape index (κ2) is 10.6. The first-order valence-corrected chi connectivity index (χ1v) is 6.42. The van der Waals surface area contributed by atoms with E-state index in [9.17, 15) is 4.79 Å². The first-order valence-electron chi connectivity index (χ1n) is 6.42. The molecule has 6 heteroatoms. The van der Waals surface area contributed by atoms with Crippen molar-refractivity contribution in [2.75, 3.05) is 46.9 Å². The van der Waals surface area contributed by atoms with Gasteiger partial charge < -0.3 is 20.3 Å². The summed E-state index contributed by atoms with van der Waals surface area (Å²) in [6.45, 7) is 4.38. The Morgan fingerprint density at radius 2 is 2.28 bits per heavy atom. The summed E-state index contributed by atoms with van der Waals surface area (Å²) >= 11 is 0. The first-order chi connectivity index (χ1) is 8.24. The van der Waals surface area contributed by atoms with E-state index >= 15 is 0 Å². The highest BCUT2D eigenvalue weighted by molar-refractivity contribution is 5.85. The van der Waals surface area contributed by atoms with Crippen molar-refractivity contribution in [3.05, 3.63) is 0 Å². The van der Waals surface area contributed by atoms with Gasteiger partial charge in [0.25, 0.3) is 0 Å². The van der Waals surface area contributed by atoms with Crippen LogP contribution < -0.4 is 10.6 Å². The molecule has 1 fully saturated rings. The number of hydrogen-bond donors (Lipinski definition) is 2. The number of ether oxygens (including phenoxy) is 1. The average Bonchev–Trinajstić information content (AvgIpc) is 2.82. The van der Waals surface area contributed by atoms with Crippen LogP contribution in [0, 0.1) is 0 Å². The van der Waals surface area contributed by atoms with E-state index < -0.39 is 0 Å². The summed E-state index contributed by atoms with van der Waals surface area (Å²) in [6.07, 6.45) is 3.11. The van der Waals surface area contributed by atoms with Crippen LogP contribution in [0.1, 0.15) is 19.3 Å². The molecule has 2 N–H and O–H groups in total. The molecular weight excluding hydrogens is 254 g/mol. The van der Waals surface area contributed by atoms with Gasteiger partial charge >= 0.3 is 0 Å². The fourth-order valence-corrected chi connectivity index (χ4v) is 1.99. The summed E-state index contributed by atoms with van der Waals surface area (Å²) in [5.74, 6) is 0.146. The molecule has 1 amide bonds.